The summed E-state index contributed by atoms with van der Waals surface area (Å²) < 4.78 is 75.2. The number of sulfone groups is 1. The van der Waals surface area contributed by atoms with Crippen molar-refractivity contribution in [1.29, 1.82) is 0 Å². The van der Waals surface area contributed by atoms with Gasteiger partial charge in [0.2, 0.25) is 9.84 Å². The van der Waals surface area contributed by atoms with E-state index in [1.165, 1.54) is 14.1 Å². The van der Waals surface area contributed by atoms with Gasteiger partial charge in [-0.25, -0.2) is 13.2 Å². The number of nitrogens with zero attached hydrogens (tertiary/aromatic N) is 4. The number of halogens is 3. The Bertz CT molecular complexity index is 1360. The van der Waals surface area contributed by atoms with E-state index in [2.05, 4.69) is 9.97 Å². The molecule has 0 spiro atoms. The molecule has 1 aromatic heterocycles. The lowest BCUT2D eigenvalue weighted by molar-refractivity contribution is -0.387. The van der Waals surface area contributed by atoms with Gasteiger partial charge < -0.3 is 19.5 Å². The van der Waals surface area contributed by atoms with Crippen LogP contribution in [0.25, 0.3) is 0 Å². The first kappa shape index (κ1) is 30.2. The van der Waals surface area contributed by atoms with Gasteiger partial charge in [0.1, 0.15) is 5.75 Å². The minimum absolute atomic E-state index is 0.162. The summed E-state index contributed by atoms with van der Waals surface area (Å²) in [5.41, 5.74) is -3.09. The van der Waals surface area contributed by atoms with E-state index in [1.807, 2.05) is 0 Å². The summed E-state index contributed by atoms with van der Waals surface area (Å²) in [7, 11) is -1.77. The van der Waals surface area contributed by atoms with Crippen LogP contribution >= 0.6 is 0 Å². The van der Waals surface area contributed by atoms with Gasteiger partial charge >= 0.3 is 29.6 Å². The van der Waals surface area contributed by atoms with Crippen LogP contribution in [0.3, 0.4) is 0 Å². The fourth-order valence-electron chi connectivity index (χ4n) is 2.95. The average Bonchev–Trinajstić information content (AvgIpc) is 2.75. The summed E-state index contributed by atoms with van der Waals surface area (Å²) in [5, 5.41) is 20.3. The third kappa shape index (κ3) is 7.50. The number of carbonyl (C=O) groups excluding carboxylic acids is 1. The first-order valence-corrected chi connectivity index (χ1v) is 12.5. The Balaban J connectivity index is 2.81. The summed E-state index contributed by atoms with van der Waals surface area (Å²) in [6, 6.07) is 1.78. The molecule has 13 nitrogen and oxygen atoms in total. The summed E-state index contributed by atoms with van der Waals surface area (Å²) in [4.78, 5) is 42.6. The Morgan fingerprint density at radius 3 is 2.18 bits per heavy atom. The highest BCUT2D eigenvalue weighted by Crippen LogP contribution is 2.40. The maximum Gasteiger partial charge on any atom is 0.416 e. The van der Waals surface area contributed by atoms with Crippen LogP contribution in [-0.2, 0) is 20.8 Å². The summed E-state index contributed by atoms with van der Waals surface area (Å²) in [5.74, 6) is -5.69. The van der Waals surface area contributed by atoms with Crippen molar-refractivity contribution in [2.24, 2.45) is 5.92 Å². The molecule has 0 radical (unpaired) electrons. The number of carboxylic acids is 1. The summed E-state index contributed by atoms with van der Waals surface area (Å²) in [6.07, 6.45) is -6.20. The second kappa shape index (κ2) is 11.2. The van der Waals surface area contributed by atoms with Crippen LogP contribution in [0.4, 0.5) is 18.9 Å². The van der Waals surface area contributed by atoms with Gasteiger partial charge in [0.15, 0.2) is 6.10 Å². The fourth-order valence-corrected chi connectivity index (χ4v) is 3.45. The molecule has 1 unspecified atom stereocenters. The summed E-state index contributed by atoms with van der Waals surface area (Å²) in [6.45, 7) is 3.26. The number of benzene rings is 1. The van der Waals surface area contributed by atoms with E-state index < -0.39 is 78.4 Å². The Morgan fingerprint density at radius 2 is 1.74 bits per heavy atom. The molecule has 0 saturated heterocycles. The van der Waals surface area contributed by atoms with Crippen molar-refractivity contribution in [3.63, 3.8) is 0 Å². The number of nitro groups is 1. The Morgan fingerprint density at radius 1 is 1.16 bits per heavy atom. The van der Waals surface area contributed by atoms with Crippen molar-refractivity contribution in [2.75, 3.05) is 20.4 Å². The highest BCUT2D eigenvalue weighted by Gasteiger charge is 2.36. The molecule has 0 aliphatic carbocycles. The molecule has 208 valence electrons. The number of ether oxygens (including phenoxy) is 2. The van der Waals surface area contributed by atoms with E-state index in [0.717, 1.165) is 11.0 Å². The number of aromatic nitrogens is 2. The highest BCUT2D eigenvalue weighted by atomic mass is 32.2. The van der Waals surface area contributed by atoms with E-state index in [-0.39, 0.29) is 12.3 Å². The van der Waals surface area contributed by atoms with Gasteiger partial charge in [-0.2, -0.15) is 23.1 Å². The minimum atomic E-state index is -4.96. The molecule has 0 fully saturated rings. The lowest BCUT2D eigenvalue weighted by Crippen LogP contribution is -2.29. The van der Waals surface area contributed by atoms with Crippen molar-refractivity contribution >= 4 is 27.4 Å². The number of carboxylic acid groups (broad SMARTS) is 1. The third-order valence-electron chi connectivity index (χ3n) is 4.63. The van der Waals surface area contributed by atoms with Crippen LogP contribution in [0.15, 0.2) is 23.4 Å². The van der Waals surface area contributed by atoms with Crippen molar-refractivity contribution in [1.82, 2.24) is 14.9 Å². The maximum atomic E-state index is 13.5. The molecule has 0 aliphatic heterocycles. The second-order valence-corrected chi connectivity index (χ2v) is 10.5. The molecule has 1 atom stereocenters. The van der Waals surface area contributed by atoms with Gasteiger partial charge in [0.25, 0.3) is 11.1 Å². The minimum Gasteiger partial charge on any atom is -0.479 e. The molecule has 2 rings (SSSR count). The van der Waals surface area contributed by atoms with Crippen molar-refractivity contribution in [2.45, 2.75) is 37.7 Å². The quantitative estimate of drug-likeness (QED) is 0.254. The van der Waals surface area contributed by atoms with Crippen LogP contribution in [0.1, 0.15) is 36.2 Å². The molecule has 0 saturated carbocycles. The Labute approximate surface area is 214 Å². The molecular formula is C21H23F3N4O9S. The second-order valence-electron chi connectivity index (χ2n) is 8.61. The molecule has 1 heterocycles. The van der Waals surface area contributed by atoms with Gasteiger partial charge in [-0.3, -0.25) is 14.9 Å². The maximum absolute atomic E-state index is 13.5. The van der Waals surface area contributed by atoms with E-state index in [4.69, 9.17) is 9.47 Å². The molecule has 1 N–H and O–H groups in total. The zero-order valence-electron chi connectivity index (χ0n) is 20.6. The number of aliphatic carboxylic acids is 1. The van der Waals surface area contributed by atoms with Crippen LogP contribution in [0.2, 0.25) is 0 Å². The molecule has 0 bridgehead atoms. The van der Waals surface area contributed by atoms with Crippen LogP contribution in [0, 0.1) is 16.0 Å². The number of hydrogen-bond donors (Lipinski definition) is 1. The van der Waals surface area contributed by atoms with Gasteiger partial charge in [0, 0.05) is 25.9 Å². The first-order chi connectivity index (χ1) is 17.3. The molecular weight excluding hydrogens is 541 g/mol. The zero-order chi connectivity index (χ0) is 29.2. The van der Waals surface area contributed by atoms with Gasteiger partial charge in [-0.15, -0.1) is 0 Å². The van der Waals surface area contributed by atoms with E-state index >= 15 is 0 Å². The van der Waals surface area contributed by atoms with Crippen molar-refractivity contribution in [3.05, 3.63) is 39.4 Å². The number of amides is 1. The van der Waals surface area contributed by atoms with Crippen LogP contribution in [0.5, 0.6) is 17.5 Å². The Hall–Kier alpha value is -4.02. The molecule has 1 aromatic carbocycles. The number of alkyl halides is 3. The third-order valence-corrected chi connectivity index (χ3v) is 5.48. The van der Waals surface area contributed by atoms with E-state index in [1.54, 1.807) is 13.8 Å². The van der Waals surface area contributed by atoms with Gasteiger partial charge in [-0.1, -0.05) is 13.8 Å². The van der Waals surface area contributed by atoms with Crippen molar-refractivity contribution in [3.8, 4) is 17.5 Å². The van der Waals surface area contributed by atoms with Crippen LogP contribution < -0.4 is 9.47 Å². The fraction of sp³-hybridized carbons (Fsp3) is 0.429. The lowest BCUT2D eigenvalue weighted by Gasteiger charge is -2.18. The van der Waals surface area contributed by atoms with E-state index in [0.29, 0.717) is 18.4 Å². The lowest BCUT2D eigenvalue weighted by atomic mass is 10.1. The molecule has 17 heteroatoms. The summed E-state index contributed by atoms with van der Waals surface area (Å²) >= 11 is 0. The highest BCUT2D eigenvalue weighted by molar-refractivity contribution is 7.90. The Kier molecular flexibility index (Phi) is 8.87. The first-order valence-electron chi connectivity index (χ1n) is 10.6. The number of rotatable bonds is 10. The predicted molar refractivity (Wildman–Crippen MR) is 123 cm³/mol. The molecule has 38 heavy (non-hydrogen) atoms. The SMILES string of the molecule is CC(C)CC(Oc1nc(S(C)(=O)=O)nc(Oc2cc(C(=O)N(C)C)cc(C(F)(F)F)c2)c1[N+](=O)[O-])C(=O)O. The standard InChI is InChI=1S/C21H23F3N4O9S/c1-10(2)6-14(19(30)31)37-17-15(28(32)33)16(25-20(26-17)38(5,34)35)36-13-8-11(18(29)27(3)4)7-12(9-13)21(22,23)24/h7-10,14H,6H2,1-5H3,(H,30,31). The van der Waals surface area contributed by atoms with E-state index in [9.17, 15) is 46.4 Å². The normalized spacial score (nSPS) is 12.7. The average molecular weight is 564 g/mol. The number of carbonyl (C=O) groups is 2. The monoisotopic (exact) mass is 564 g/mol. The van der Waals surface area contributed by atoms with Crippen molar-refractivity contribution < 1.29 is 50.7 Å². The molecule has 0 aliphatic rings. The topological polar surface area (TPSA) is 179 Å². The molecule has 2 aromatic rings. The molecule has 1 amide bonds. The van der Waals surface area contributed by atoms with Gasteiger partial charge in [-0.05, 0) is 30.5 Å². The smallest absolute Gasteiger partial charge is 0.416 e. The largest absolute Gasteiger partial charge is 0.479 e. The zero-order valence-corrected chi connectivity index (χ0v) is 21.5. The number of hydrogen-bond acceptors (Lipinski definition) is 10. The predicted octanol–water partition coefficient (Wildman–Crippen LogP) is 3.18. The van der Waals surface area contributed by atoms with Crippen LogP contribution in [-0.4, -0.2) is 71.6 Å². The van der Waals surface area contributed by atoms with Gasteiger partial charge in [0.05, 0.1) is 10.5 Å².